The molecule has 0 N–H and O–H groups in total. The molecule has 36 heavy (non-hydrogen) atoms. The van der Waals surface area contributed by atoms with Gasteiger partial charge in [0, 0.05) is 29.8 Å². The van der Waals surface area contributed by atoms with Gasteiger partial charge in [0.05, 0.1) is 17.2 Å². The van der Waals surface area contributed by atoms with Crippen LogP contribution in [-0.4, -0.2) is 0 Å². The van der Waals surface area contributed by atoms with Gasteiger partial charge in [0.15, 0.2) is 6.17 Å². The molecule has 3 nitrogen and oxygen atoms in total. The van der Waals surface area contributed by atoms with E-state index >= 15 is 0 Å². The lowest BCUT2D eigenvalue weighted by Crippen LogP contribution is -2.31. The third-order valence-corrected chi connectivity index (χ3v) is 7.08. The highest BCUT2D eigenvalue weighted by Crippen LogP contribution is 2.42. The number of furan rings is 1. The molecule has 0 spiro atoms. The molecule has 3 heteroatoms. The monoisotopic (exact) mass is 469 g/mol. The maximum atomic E-state index is 10.0. The number of hydrogen-bond acceptors (Lipinski definition) is 2. The van der Waals surface area contributed by atoms with Crippen LogP contribution >= 0.6 is 0 Å². The molecule has 174 valence electrons. The van der Waals surface area contributed by atoms with E-state index in [4.69, 9.17) is 7.16 Å². The largest absolute Gasteiger partial charge is 0.454 e. The van der Waals surface area contributed by atoms with Crippen molar-refractivity contribution in [2.45, 2.75) is 26.7 Å². The first-order valence-electron chi connectivity index (χ1n) is 13.1. The Balaban J connectivity index is 1.70. The zero-order valence-corrected chi connectivity index (χ0v) is 20.8. The molecule has 0 saturated heterocycles. The highest BCUT2D eigenvalue weighted by atomic mass is 16.3. The highest BCUT2D eigenvalue weighted by molar-refractivity contribution is 6.14. The Morgan fingerprint density at radius 2 is 1.61 bits per heavy atom. The van der Waals surface area contributed by atoms with Crippen molar-refractivity contribution < 1.29 is 11.7 Å². The number of benzene rings is 4. The summed E-state index contributed by atoms with van der Waals surface area (Å²) in [6.45, 7) is 5.70. The van der Waals surface area contributed by atoms with E-state index in [2.05, 4.69) is 42.5 Å². The number of aryl methyl sites for hydroxylation is 1. The van der Waals surface area contributed by atoms with Crippen LogP contribution in [0.3, 0.4) is 0 Å². The van der Waals surface area contributed by atoms with Crippen LogP contribution in [0.25, 0.3) is 55.1 Å². The Hall–Kier alpha value is -4.42. The molecule has 4 aromatic carbocycles. The van der Waals surface area contributed by atoms with Crippen LogP contribution < -0.4 is 4.57 Å². The van der Waals surface area contributed by atoms with Crippen LogP contribution in [0.5, 0.6) is 0 Å². The van der Waals surface area contributed by atoms with Gasteiger partial charge in [-0.15, -0.1) is 0 Å². The van der Waals surface area contributed by atoms with Crippen molar-refractivity contribution in [2.24, 2.45) is 7.05 Å². The normalized spacial score (nSPS) is 12.6. The van der Waals surface area contributed by atoms with E-state index in [0.717, 1.165) is 55.1 Å². The van der Waals surface area contributed by atoms with Gasteiger partial charge >= 0.3 is 0 Å². The van der Waals surface area contributed by atoms with Crippen molar-refractivity contribution in [3.8, 4) is 28.5 Å². The Morgan fingerprint density at radius 1 is 0.889 bits per heavy atom. The summed E-state index contributed by atoms with van der Waals surface area (Å²) in [4.78, 5) is 0. The van der Waals surface area contributed by atoms with Gasteiger partial charge in [-0.25, -0.2) is 4.57 Å². The number of hydrogen-bond donors (Lipinski definition) is 0. The Labute approximate surface area is 213 Å². The lowest BCUT2D eigenvalue weighted by molar-refractivity contribution is -0.660. The van der Waals surface area contributed by atoms with Crippen molar-refractivity contribution >= 4 is 32.7 Å². The van der Waals surface area contributed by atoms with Crippen LogP contribution in [0.1, 0.15) is 39.2 Å². The molecule has 0 amide bonds. The summed E-state index contributed by atoms with van der Waals surface area (Å²) in [7, 11) is 1.87. The second-order valence-electron chi connectivity index (χ2n) is 9.59. The topological polar surface area (TPSA) is 40.8 Å². The molecule has 0 atom stereocenters. The van der Waals surface area contributed by atoms with Crippen molar-refractivity contribution in [1.29, 1.82) is 5.26 Å². The van der Waals surface area contributed by atoms with E-state index < -0.39 is 5.89 Å². The third-order valence-electron chi connectivity index (χ3n) is 7.08. The summed E-state index contributed by atoms with van der Waals surface area (Å²) in [5, 5.41) is 14.2. The van der Waals surface area contributed by atoms with Gasteiger partial charge in [-0.05, 0) is 58.5 Å². The molecule has 0 aliphatic rings. The predicted octanol–water partition coefficient (Wildman–Crippen LogP) is 8.20. The standard InChI is InChI=1S/C33H27N2O/c1-20(2)23-15-16-35(4)29(18-23)30-21(3)9-13-27-28-14-12-26(19-34)31(33(28)36-32(27)30)25-11-10-22-7-5-6-8-24(22)17-25/h5-18,20H,1-4H3/q+1/i16D,20D. The van der Waals surface area contributed by atoms with Gasteiger partial charge in [0.2, 0.25) is 5.69 Å². The first kappa shape index (κ1) is 19.8. The molecule has 2 aromatic heterocycles. The summed E-state index contributed by atoms with van der Waals surface area (Å²) < 4.78 is 25.7. The number of fused-ring (bicyclic) bond motifs is 4. The van der Waals surface area contributed by atoms with Gasteiger partial charge < -0.3 is 4.42 Å². The second kappa shape index (κ2) is 8.36. The average Bonchev–Trinajstić information content (AvgIpc) is 3.27. The van der Waals surface area contributed by atoms with Crippen LogP contribution in [0.4, 0.5) is 0 Å². The van der Waals surface area contributed by atoms with Crippen molar-refractivity contribution in [3.63, 3.8) is 0 Å². The summed E-state index contributed by atoms with van der Waals surface area (Å²) >= 11 is 0. The fourth-order valence-electron chi connectivity index (χ4n) is 5.10. The fraction of sp³-hybridized carbons (Fsp3) is 0.152. The Kier molecular flexibility index (Phi) is 4.61. The molecular weight excluding hydrogens is 440 g/mol. The molecule has 0 aliphatic carbocycles. The van der Waals surface area contributed by atoms with E-state index in [-0.39, 0.29) is 0 Å². The molecule has 0 aliphatic heterocycles. The van der Waals surface area contributed by atoms with Gasteiger partial charge in [-0.2, -0.15) is 5.26 Å². The van der Waals surface area contributed by atoms with E-state index in [1.807, 2.05) is 68.8 Å². The minimum absolute atomic E-state index is 0.328. The zero-order chi connectivity index (χ0) is 26.8. The number of nitrogens with zero attached hydrogens (tertiary/aromatic N) is 2. The number of rotatable bonds is 3. The van der Waals surface area contributed by atoms with Crippen LogP contribution in [0.15, 0.2) is 89.5 Å². The quantitative estimate of drug-likeness (QED) is 0.245. The minimum atomic E-state index is -0.848. The molecule has 2 heterocycles. The summed E-state index contributed by atoms with van der Waals surface area (Å²) in [6, 6.07) is 28.5. The Bertz CT molecular complexity index is 1960. The average molecular weight is 470 g/mol. The fourth-order valence-corrected chi connectivity index (χ4v) is 5.10. The smallest absolute Gasteiger partial charge is 0.216 e. The summed E-state index contributed by atoms with van der Waals surface area (Å²) in [5.74, 6) is -0.848. The molecule has 0 radical (unpaired) electrons. The molecule has 6 rings (SSSR count). The first-order chi connectivity index (χ1) is 18.2. The second-order valence-corrected chi connectivity index (χ2v) is 9.59. The Morgan fingerprint density at radius 3 is 2.36 bits per heavy atom. The van der Waals surface area contributed by atoms with E-state index in [1.165, 1.54) is 0 Å². The van der Waals surface area contributed by atoms with Crippen molar-refractivity contribution in [3.05, 3.63) is 102 Å². The zero-order valence-electron chi connectivity index (χ0n) is 22.8. The van der Waals surface area contributed by atoms with E-state index in [0.29, 0.717) is 22.9 Å². The highest BCUT2D eigenvalue weighted by Gasteiger charge is 2.24. The lowest BCUT2D eigenvalue weighted by atomic mass is 9.94. The van der Waals surface area contributed by atoms with Crippen LogP contribution in [0, 0.1) is 18.3 Å². The van der Waals surface area contributed by atoms with E-state index in [9.17, 15) is 5.26 Å². The number of pyridine rings is 1. The SMILES string of the molecule is [2H]c1cc(C([2H])(C)C)cc(-c2c(C)ccc3c2oc2c(-c4ccc5ccccc5c4)c(C#N)ccc23)[n+]1C. The van der Waals surface area contributed by atoms with E-state index in [1.54, 1.807) is 6.07 Å². The van der Waals surface area contributed by atoms with Crippen molar-refractivity contribution in [2.75, 3.05) is 0 Å². The maximum absolute atomic E-state index is 10.0. The lowest BCUT2D eigenvalue weighted by Gasteiger charge is -2.09. The van der Waals surface area contributed by atoms with Crippen LogP contribution in [0.2, 0.25) is 0 Å². The van der Waals surface area contributed by atoms with Gasteiger partial charge in [0.25, 0.3) is 0 Å². The molecular formula is C33H27N2O+. The molecule has 0 saturated carbocycles. The minimum Gasteiger partial charge on any atom is -0.454 e. The molecule has 0 bridgehead atoms. The first-order valence-corrected chi connectivity index (χ1v) is 12.1. The van der Waals surface area contributed by atoms with Gasteiger partial charge in [0.1, 0.15) is 19.6 Å². The predicted molar refractivity (Wildman–Crippen MR) is 147 cm³/mol. The van der Waals surface area contributed by atoms with Gasteiger partial charge in [-0.3, -0.25) is 0 Å². The number of aromatic nitrogens is 1. The summed E-state index contributed by atoms with van der Waals surface area (Å²) in [6.07, 6.45) is 0.328. The van der Waals surface area contributed by atoms with Gasteiger partial charge in [-0.1, -0.05) is 62.4 Å². The molecule has 6 aromatic rings. The number of nitriles is 1. The summed E-state index contributed by atoms with van der Waals surface area (Å²) in [5.41, 5.74) is 7.15. The van der Waals surface area contributed by atoms with Crippen molar-refractivity contribution in [1.82, 2.24) is 0 Å². The maximum Gasteiger partial charge on any atom is 0.216 e. The molecule has 0 fully saturated rings. The molecule has 0 unspecified atom stereocenters. The third kappa shape index (κ3) is 3.38. The van der Waals surface area contributed by atoms with Crippen LogP contribution in [-0.2, 0) is 7.05 Å².